The molecule has 0 aliphatic carbocycles. The minimum absolute atomic E-state index is 0.188. The molecule has 2 N–H and O–H groups in total. The van der Waals surface area contributed by atoms with E-state index >= 15 is 0 Å². The van der Waals surface area contributed by atoms with E-state index in [1.54, 1.807) is 42.1 Å². The maximum atomic E-state index is 12.4. The number of carbonyl (C=O) groups is 1. The van der Waals surface area contributed by atoms with Gasteiger partial charge in [0.25, 0.3) is 5.91 Å². The zero-order valence-corrected chi connectivity index (χ0v) is 17.8. The number of aromatic nitrogens is 3. The van der Waals surface area contributed by atoms with Gasteiger partial charge in [-0.15, -0.1) is 11.3 Å². The second-order valence-electron chi connectivity index (χ2n) is 7.20. The molecule has 1 atom stereocenters. The molecular formula is C20H20ClN5O2S. The van der Waals surface area contributed by atoms with Crippen LogP contribution in [-0.4, -0.2) is 31.8 Å². The molecule has 3 aromatic rings. The number of aliphatic hydroxyl groups is 1. The highest BCUT2D eigenvalue weighted by molar-refractivity contribution is 7.10. The van der Waals surface area contributed by atoms with Crippen LogP contribution in [-0.2, 0) is 12.1 Å². The second-order valence-corrected chi connectivity index (χ2v) is 8.47. The summed E-state index contributed by atoms with van der Waals surface area (Å²) in [4.78, 5) is 16.6. The molecule has 1 aromatic carbocycles. The van der Waals surface area contributed by atoms with Gasteiger partial charge in [-0.3, -0.25) is 9.48 Å². The minimum Gasteiger partial charge on any atom is -0.383 e. The lowest BCUT2D eigenvalue weighted by molar-refractivity contribution is 0.0778. The van der Waals surface area contributed by atoms with Crippen molar-refractivity contribution in [3.8, 4) is 17.3 Å². The van der Waals surface area contributed by atoms with Gasteiger partial charge in [0.1, 0.15) is 22.4 Å². The number of amides is 1. The van der Waals surface area contributed by atoms with Crippen molar-refractivity contribution in [2.45, 2.75) is 39.0 Å². The van der Waals surface area contributed by atoms with E-state index in [-0.39, 0.29) is 17.6 Å². The van der Waals surface area contributed by atoms with Gasteiger partial charge in [-0.05, 0) is 39.0 Å². The van der Waals surface area contributed by atoms with Gasteiger partial charge >= 0.3 is 0 Å². The Balaban J connectivity index is 1.64. The third-order valence-corrected chi connectivity index (χ3v) is 5.59. The van der Waals surface area contributed by atoms with Crippen molar-refractivity contribution < 1.29 is 9.90 Å². The van der Waals surface area contributed by atoms with E-state index in [0.717, 1.165) is 11.3 Å². The molecule has 0 aliphatic heterocycles. The predicted octanol–water partition coefficient (Wildman–Crippen LogP) is 3.58. The fraction of sp³-hybridized carbons (Fsp3) is 0.300. The molecule has 2 heterocycles. The maximum Gasteiger partial charge on any atom is 0.271 e. The molecule has 9 heteroatoms. The minimum atomic E-state index is -1.07. The van der Waals surface area contributed by atoms with Crippen LogP contribution in [0.3, 0.4) is 0 Å². The Morgan fingerprint density at radius 3 is 2.83 bits per heavy atom. The first-order valence-electron chi connectivity index (χ1n) is 8.90. The molecular weight excluding hydrogens is 410 g/mol. The molecule has 29 heavy (non-hydrogen) atoms. The van der Waals surface area contributed by atoms with Gasteiger partial charge < -0.3 is 10.4 Å². The Hall–Kier alpha value is -2.73. The number of hydrogen-bond acceptors (Lipinski definition) is 6. The SMILES string of the molecule is CC(Cn1ccc(-c2ccc(C#N)c(Cl)c2)n1)NC(=O)c1csc(C(C)(C)O)n1. The number of halogens is 1. The van der Waals surface area contributed by atoms with Crippen molar-refractivity contribution in [3.05, 3.63) is 57.1 Å². The molecule has 0 saturated carbocycles. The number of carbonyl (C=O) groups excluding carboxylic acids is 1. The van der Waals surface area contributed by atoms with Crippen LogP contribution >= 0.6 is 22.9 Å². The third kappa shape index (κ3) is 5.01. The number of thiazole rings is 1. The molecule has 0 fully saturated rings. The molecule has 1 amide bonds. The lowest BCUT2D eigenvalue weighted by atomic mass is 10.1. The molecule has 3 rings (SSSR count). The quantitative estimate of drug-likeness (QED) is 0.623. The largest absolute Gasteiger partial charge is 0.383 e. The van der Waals surface area contributed by atoms with Crippen molar-refractivity contribution in [1.82, 2.24) is 20.1 Å². The van der Waals surface area contributed by atoms with Crippen molar-refractivity contribution in [2.24, 2.45) is 0 Å². The van der Waals surface area contributed by atoms with Crippen LogP contribution in [0.15, 0.2) is 35.8 Å². The van der Waals surface area contributed by atoms with Crippen LogP contribution in [0.1, 0.15) is 41.8 Å². The van der Waals surface area contributed by atoms with Crippen LogP contribution in [0.4, 0.5) is 0 Å². The van der Waals surface area contributed by atoms with Crippen LogP contribution in [0.5, 0.6) is 0 Å². The van der Waals surface area contributed by atoms with E-state index in [9.17, 15) is 9.90 Å². The lowest BCUT2D eigenvalue weighted by Gasteiger charge is -2.14. The van der Waals surface area contributed by atoms with Gasteiger partial charge in [0, 0.05) is 23.2 Å². The summed E-state index contributed by atoms with van der Waals surface area (Å²) in [5.41, 5.74) is 1.16. The first kappa shape index (κ1) is 21.0. The van der Waals surface area contributed by atoms with Crippen LogP contribution in [0.25, 0.3) is 11.3 Å². The molecule has 0 spiro atoms. The topological polar surface area (TPSA) is 104 Å². The molecule has 150 valence electrons. The fourth-order valence-electron chi connectivity index (χ4n) is 2.67. The van der Waals surface area contributed by atoms with Gasteiger partial charge in [0.2, 0.25) is 0 Å². The number of nitrogens with zero attached hydrogens (tertiary/aromatic N) is 4. The highest BCUT2D eigenvalue weighted by atomic mass is 35.5. The summed E-state index contributed by atoms with van der Waals surface area (Å²) in [5.74, 6) is -0.296. The molecule has 0 radical (unpaired) electrons. The van der Waals surface area contributed by atoms with Crippen LogP contribution < -0.4 is 5.32 Å². The number of benzene rings is 1. The van der Waals surface area contributed by atoms with E-state index < -0.39 is 5.60 Å². The predicted molar refractivity (Wildman–Crippen MR) is 112 cm³/mol. The Labute approximate surface area is 177 Å². The number of hydrogen-bond donors (Lipinski definition) is 2. The molecule has 0 aliphatic rings. The van der Waals surface area contributed by atoms with Crippen molar-refractivity contribution in [3.63, 3.8) is 0 Å². The molecule has 0 bridgehead atoms. The molecule has 1 unspecified atom stereocenters. The number of rotatable bonds is 6. The Kier molecular flexibility index (Phi) is 6.03. The van der Waals surface area contributed by atoms with E-state index in [0.29, 0.717) is 22.1 Å². The van der Waals surface area contributed by atoms with Crippen molar-refractivity contribution in [2.75, 3.05) is 0 Å². The Bertz CT molecular complexity index is 1080. The molecule has 2 aromatic heterocycles. The highest BCUT2D eigenvalue weighted by Crippen LogP contribution is 2.25. The zero-order chi connectivity index (χ0) is 21.2. The zero-order valence-electron chi connectivity index (χ0n) is 16.2. The summed E-state index contributed by atoms with van der Waals surface area (Å²) in [5, 5.41) is 28.9. The summed E-state index contributed by atoms with van der Waals surface area (Å²) in [6.07, 6.45) is 1.82. The third-order valence-electron chi connectivity index (χ3n) is 4.12. The first-order valence-corrected chi connectivity index (χ1v) is 10.2. The Morgan fingerprint density at radius 1 is 1.45 bits per heavy atom. The summed E-state index contributed by atoms with van der Waals surface area (Å²) >= 11 is 7.34. The van der Waals surface area contributed by atoms with E-state index in [1.807, 2.05) is 25.3 Å². The van der Waals surface area contributed by atoms with Crippen LogP contribution in [0.2, 0.25) is 5.02 Å². The summed E-state index contributed by atoms with van der Waals surface area (Å²) in [7, 11) is 0. The van der Waals surface area contributed by atoms with Gasteiger partial charge in [0.15, 0.2) is 0 Å². The Morgan fingerprint density at radius 2 is 2.21 bits per heavy atom. The van der Waals surface area contributed by atoms with E-state index in [2.05, 4.69) is 15.4 Å². The summed E-state index contributed by atoms with van der Waals surface area (Å²) in [6.45, 7) is 5.61. The molecule has 0 saturated heterocycles. The number of nitrogens with one attached hydrogen (secondary N) is 1. The summed E-state index contributed by atoms with van der Waals surface area (Å²) in [6, 6.07) is 8.86. The number of nitriles is 1. The standard InChI is InChI=1S/C20H20ClN5O2S/c1-12(23-18(27)17-11-29-19(24-17)20(2,3)28)10-26-7-6-16(25-26)13-4-5-14(9-22)15(21)8-13/h4-8,11-12,28H,10H2,1-3H3,(H,23,27). The van der Waals surface area contributed by atoms with Crippen molar-refractivity contribution in [1.29, 1.82) is 5.26 Å². The van der Waals surface area contributed by atoms with Gasteiger partial charge in [-0.2, -0.15) is 10.4 Å². The first-order chi connectivity index (χ1) is 13.7. The highest BCUT2D eigenvalue weighted by Gasteiger charge is 2.22. The van der Waals surface area contributed by atoms with Gasteiger partial charge in [0.05, 0.1) is 22.8 Å². The average Bonchev–Trinajstić information content (AvgIpc) is 3.31. The smallest absolute Gasteiger partial charge is 0.271 e. The van der Waals surface area contributed by atoms with Crippen molar-refractivity contribution >= 4 is 28.8 Å². The van der Waals surface area contributed by atoms with E-state index in [4.69, 9.17) is 16.9 Å². The van der Waals surface area contributed by atoms with Crippen LogP contribution in [0, 0.1) is 11.3 Å². The van der Waals surface area contributed by atoms with Gasteiger partial charge in [-0.1, -0.05) is 17.7 Å². The molecule has 7 nitrogen and oxygen atoms in total. The normalized spacial score (nSPS) is 12.4. The van der Waals surface area contributed by atoms with E-state index in [1.165, 1.54) is 11.3 Å². The second kappa shape index (κ2) is 8.33. The lowest BCUT2D eigenvalue weighted by Crippen LogP contribution is -2.36. The summed E-state index contributed by atoms with van der Waals surface area (Å²) < 4.78 is 1.73. The van der Waals surface area contributed by atoms with Gasteiger partial charge in [-0.25, -0.2) is 4.98 Å². The average molecular weight is 430 g/mol. The fourth-order valence-corrected chi connectivity index (χ4v) is 3.71. The maximum absolute atomic E-state index is 12.4. The monoisotopic (exact) mass is 429 g/mol.